The van der Waals surface area contributed by atoms with E-state index in [4.69, 9.17) is 10.8 Å². The summed E-state index contributed by atoms with van der Waals surface area (Å²) in [6.45, 7) is 1.52. The molecule has 0 radical (unpaired) electrons. The Bertz CT molecular complexity index is 299. The van der Waals surface area contributed by atoms with Crippen molar-refractivity contribution in [3.05, 3.63) is 23.8 Å². The summed E-state index contributed by atoms with van der Waals surface area (Å²) in [7, 11) is 0. The van der Waals surface area contributed by atoms with Crippen LogP contribution in [0.1, 0.15) is 18.5 Å². The van der Waals surface area contributed by atoms with Crippen LogP contribution in [-0.2, 0) is 0 Å². The van der Waals surface area contributed by atoms with Gasteiger partial charge in [-0.25, -0.2) is 0 Å². The maximum atomic E-state index is 9.38. The number of benzene rings is 1. The summed E-state index contributed by atoms with van der Waals surface area (Å²) in [5.41, 5.74) is 5.93. The molecule has 0 amide bonds. The number of phenols is 2. The number of aromatic hydroxyl groups is 2. The van der Waals surface area contributed by atoms with Gasteiger partial charge in [-0.3, -0.25) is 0 Å². The van der Waals surface area contributed by atoms with Crippen LogP contribution >= 0.6 is 0 Å². The lowest BCUT2D eigenvalue weighted by atomic mass is 10.0. The minimum Gasteiger partial charge on any atom is -0.504 e. The van der Waals surface area contributed by atoms with Gasteiger partial charge < -0.3 is 21.1 Å². The molecular weight excluding hydrogens is 170 g/mol. The molecule has 13 heavy (non-hydrogen) atoms. The van der Waals surface area contributed by atoms with E-state index in [2.05, 4.69) is 0 Å². The molecule has 0 heterocycles. The summed E-state index contributed by atoms with van der Waals surface area (Å²) in [6, 6.07) is 3.79. The lowest BCUT2D eigenvalue weighted by Crippen LogP contribution is -2.23. The zero-order chi connectivity index (χ0) is 10.0. The predicted octanol–water partition coefficient (Wildman–Crippen LogP) is 0.478. The van der Waals surface area contributed by atoms with Crippen molar-refractivity contribution in [2.75, 3.05) is 0 Å². The maximum absolute atomic E-state index is 9.38. The first-order valence-electron chi connectivity index (χ1n) is 3.98. The van der Waals surface area contributed by atoms with Crippen LogP contribution in [0.15, 0.2) is 18.2 Å². The second-order valence-corrected chi connectivity index (χ2v) is 2.98. The molecule has 1 aromatic rings. The van der Waals surface area contributed by atoms with Crippen molar-refractivity contribution in [3.8, 4) is 11.5 Å². The van der Waals surface area contributed by atoms with Gasteiger partial charge >= 0.3 is 0 Å². The molecule has 1 unspecified atom stereocenters. The molecule has 0 aliphatic carbocycles. The number of phenolic OH excluding ortho intramolecular Hbond substituents is 2. The molecule has 1 aromatic carbocycles. The lowest BCUT2D eigenvalue weighted by Gasteiger charge is -2.16. The first-order chi connectivity index (χ1) is 6.04. The summed E-state index contributed by atoms with van der Waals surface area (Å²) in [5.74, 6) is -0.496. The third-order valence-electron chi connectivity index (χ3n) is 1.92. The highest BCUT2D eigenvalue weighted by Gasteiger charge is 2.17. The highest BCUT2D eigenvalue weighted by Crippen LogP contribution is 2.32. The fourth-order valence-electron chi connectivity index (χ4n) is 1.08. The Morgan fingerprint density at radius 3 is 2.46 bits per heavy atom. The van der Waals surface area contributed by atoms with E-state index in [-0.39, 0.29) is 11.5 Å². The summed E-state index contributed by atoms with van der Waals surface area (Å²) < 4.78 is 0. The van der Waals surface area contributed by atoms with Crippen molar-refractivity contribution in [2.45, 2.75) is 19.1 Å². The number of para-hydroxylation sites is 1. The molecule has 0 saturated heterocycles. The minimum absolute atomic E-state index is 0.228. The molecule has 0 aliphatic heterocycles. The Kier molecular flexibility index (Phi) is 2.75. The van der Waals surface area contributed by atoms with Crippen molar-refractivity contribution in [1.82, 2.24) is 0 Å². The summed E-state index contributed by atoms with van der Waals surface area (Å²) in [6.07, 6.45) is -0.771. The second kappa shape index (κ2) is 3.64. The number of hydrogen-bond donors (Lipinski definition) is 4. The highest BCUT2D eigenvalue weighted by molar-refractivity contribution is 5.46. The van der Waals surface area contributed by atoms with Crippen molar-refractivity contribution in [2.24, 2.45) is 5.73 Å². The minimum atomic E-state index is -0.771. The van der Waals surface area contributed by atoms with Gasteiger partial charge in [0.05, 0.1) is 12.1 Å². The first kappa shape index (κ1) is 9.83. The molecule has 2 atom stereocenters. The van der Waals surface area contributed by atoms with E-state index < -0.39 is 12.1 Å². The number of aliphatic hydroxyl groups is 1. The van der Waals surface area contributed by atoms with Gasteiger partial charge in [0.2, 0.25) is 0 Å². The second-order valence-electron chi connectivity index (χ2n) is 2.98. The molecule has 0 bridgehead atoms. The van der Waals surface area contributed by atoms with Crippen LogP contribution in [0.5, 0.6) is 11.5 Å². The summed E-state index contributed by atoms with van der Waals surface area (Å²) in [4.78, 5) is 0. The fraction of sp³-hybridized carbons (Fsp3) is 0.333. The van der Waals surface area contributed by atoms with Crippen LogP contribution in [-0.4, -0.2) is 21.4 Å². The lowest BCUT2D eigenvalue weighted by molar-refractivity contribution is 0.162. The Balaban J connectivity index is 3.07. The van der Waals surface area contributed by atoms with Crippen LogP contribution < -0.4 is 5.73 Å². The van der Waals surface area contributed by atoms with E-state index in [1.54, 1.807) is 12.1 Å². The smallest absolute Gasteiger partial charge is 0.162 e. The van der Waals surface area contributed by atoms with Gasteiger partial charge in [0.25, 0.3) is 0 Å². The Labute approximate surface area is 76.2 Å². The molecule has 0 saturated carbocycles. The van der Waals surface area contributed by atoms with Crippen LogP contribution in [0, 0.1) is 0 Å². The molecule has 0 aromatic heterocycles. The largest absolute Gasteiger partial charge is 0.504 e. The van der Waals surface area contributed by atoms with Crippen LogP contribution in [0.3, 0.4) is 0 Å². The molecular formula is C9H13NO3. The van der Waals surface area contributed by atoms with Crippen molar-refractivity contribution >= 4 is 0 Å². The van der Waals surface area contributed by atoms with Gasteiger partial charge in [-0.1, -0.05) is 12.1 Å². The van der Waals surface area contributed by atoms with E-state index in [0.29, 0.717) is 5.56 Å². The Hall–Kier alpha value is -1.26. The molecule has 1 rings (SSSR count). The molecule has 0 spiro atoms. The van der Waals surface area contributed by atoms with Gasteiger partial charge in [-0.15, -0.1) is 0 Å². The van der Waals surface area contributed by atoms with Crippen molar-refractivity contribution in [1.29, 1.82) is 0 Å². The van der Waals surface area contributed by atoms with E-state index in [0.717, 1.165) is 0 Å². The van der Waals surface area contributed by atoms with E-state index in [9.17, 15) is 10.2 Å². The SMILES string of the molecule is CC(O)[C@H](N)c1cccc(O)c1O. The molecule has 5 N–H and O–H groups in total. The zero-order valence-electron chi connectivity index (χ0n) is 7.31. The van der Waals surface area contributed by atoms with Crippen LogP contribution in [0.4, 0.5) is 0 Å². The molecule has 4 nitrogen and oxygen atoms in total. The molecule has 0 aliphatic rings. The van der Waals surface area contributed by atoms with Gasteiger partial charge in [-0.2, -0.15) is 0 Å². The third-order valence-corrected chi connectivity index (χ3v) is 1.92. The number of rotatable bonds is 2. The third kappa shape index (κ3) is 1.91. The first-order valence-corrected chi connectivity index (χ1v) is 3.98. The van der Waals surface area contributed by atoms with E-state index in [1.165, 1.54) is 13.0 Å². The highest BCUT2D eigenvalue weighted by atomic mass is 16.3. The molecule has 4 heteroatoms. The van der Waals surface area contributed by atoms with Crippen LogP contribution in [0.2, 0.25) is 0 Å². The quantitative estimate of drug-likeness (QED) is 0.502. The average Bonchev–Trinajstić information content (AvgIpc) is 2.08. The number of aliphatic hydroxyl groups excluding tert-OH is 1. The molecule has 0 fully saturated rings. The zero-order valence-corrected chi connectivity index (χ0v) is 7.31. The Morgan fingerprint density at radius 1 is 1.31 bits per heavy atom. The van der Waals surface area contributed by atoms with Crippen molar-refractivity contribution in [3.63, 3.8) is 0 Å². The van der Waals surface area contributed by atoms with Gasteiger partial charge in [0.1, 0.15) is 0 Å². The number of nitrogens with two attached hydrogens (primary N) is 1. The predicted molar refractivity (Wildman–Crippen MR) is 48.4 cm³/mol. The van der Waals surface area contributed by atoms with Gasteiger partial charge in [0, 0.05) is 5.56 Å². The summed E-state index contributed by atoms with van der Waals surface area (Å²) in [5, 5.41) is 27.7. The van der Waals surface area contributed by atoms with E-state index in [1.807, 2.05) is 0 Å². The van der Waals surface area contributed by atoms with Crippen LogP contribution in [0.25, 0.3) is 0 Å². The van der Waals surface area contributed by atoms with Gasteiger partial charge in [-0.05, 0) is 13.0 Å². The maximum Gasteiger partial charge on any atom is 0.162 e. The fourth-order valence-corrected chi connectivity index (χ4v) is 1.08. The topological polar surface area (TPSA) is 86.7 Å². The monoisotopic (exact) mass is 183 g/mol. The standard InChI is InChI=1S/C9H13NO3/c1-5(11)8(10)6-3-2-4-7(12)9(6)13/h2-5,8,11-13H,10H2,1H3/t5?,8-/m0/s1. The number of hydrogen-bond acceptors (Lipinski definition) is 4. The van der Waals surface area contributed by atoms with Gasteiger partial charge in [0.15, 0.2) is 11.5 Å². The van der Waals surface area contributed by atoms with Crippen molar-refractivity contribution < 1.29 is 15.3 Å². The normalized spacial score (nSPS) is 15.3. The summed E-state index contributed by atoms with van der Waals surface area (Å²) >= 11 is 0. The Morgan fingerprint density at radius 2 is 1.92 bits per heavy atom. The molecule has 72 valence electrons. The average molecular weight is 183 g/mol. The van der Waals surface area contributed by atoms with E-state index >= 15 is 0 Å².